The number of aromatic nitrogens is 1. The number of thiophene rings is 1. The quantitative estimate of drug-likeness (QED) is 0.414. The highest BCUT2D eigenvalue weighted by molar-refractivity contribution is 7.09. The fourth-order valence-corrected chi connectivity index (χ4v) is 5.32. The van der Waals surface area contributed by atoms with Crippen LogP contribution in [0.4, 0.5) is 4.79 Å². The highest BCUT2D eigenvalue weighted by Gasteiger charge is 2.50. The zero-order valence-corrected chi connectivity index (χ0v) is 20.7. The van der Waals surface area contributed by atoms with Gasteiger partial charge in [-0.3, -0.25) is 14.5 Å². The maximum atomic E-state index is 13.4. The van der Waals surface area contributed by atoms with E-state index in [2.05, 4.69) is 16.0 Å². The molecule has 182 valence electrons. The average molecular weight is 494 g/mol. The molecule has 2 aliphatic heterocycles. The predicted octanol–water partition coefficient (Wildman–Crippen LogP) is 4.03. The molecule has 1 N–H and O–H groups in total. The summed E-state index contributed by atoms with van der Waals surface area (Å²) in [6.07, 6.45) is 0.765. The number of hydrogen-bond donors (Lipinski definition) is 1. The number of Topliss-reactive ketones (excluding diaryl/α,β-unsaturated/α-hetero) is 1. The molecule has 1 saturated heterocycles. The van der Waals surface area contributed by atoms with E-state index in [0.717, 1.165) is 22.7 Å². The van der Waals surface area contributed by atoms with Gasteiger partial charge >= 0.3 is 6.03 Å². The predicted molar refractivity (Wildman–Crippen MR) is 131 cm³/mol. The summed E-state index contributed by atoms with van der Waals surface area (Å²) in [7, 11) is 0. The molecule has 2 aliphatic rings. The second kappa shape index (κ2) is 8.88. The Kier molecular flexibility index (Phi) is 5.88. The molecule has 9 heteroatoms. The molecule has 35 heavy (non-hydrogen) atoms. The van der Waals surface area contributed by atoms with Gasteiger partial charge in [-0.2, -0.15) is 0 Å². The van der Waals surface area contributed by atoms with E-state index in [1.807, 2.05) is 31.4 Å². The number of ketones is 1. The first kappa shape index (κ1) is 23.2. The van der Waals surface area contributed by atoms with Crippen LogP contribution in [0.2, 0.25) is 0 Å². The van der Waals surface area contributed by atoms with Gasteiger partial charge in [0, 0.05) is 28.2 Å². The molecule has 1 fully saturated rings. The maximum absolute atomic E-state index is 13.4. The Labute approximate surface area is 207 Å². The van der Waals surface area contributed by atoms with Crippen molar-refractivity contribution < 1.29 is 23.9 Å². The molecule has 0 radical (unpaired) electrons. The molecule has 0 aliphatic carbocycles. The van der Waals surface area contributed by atoms with Crippen LogP contribution in [-0.2, 0) is 16.9 Å². The molecule has 0 saturated carbocycles. The number of aryl methyl sites for hydroxylation is 1. The molecule has 3 aromatic rings. The molecule has 1 atom stereocenters. The van der Waals surface area contributed by atoms with E-state index >= 15 is 0 Å². The molecule has 2 aromatic heterocycles. The van der Waals surface area contributed by atoms with Crippen molar-refractivity contribution in [2.24, 2.45) is 0 Å². The third kappa shape index (κ3) is 4.10. The summed E-state index contributed by atoms with van der Waals surface area (Å²) < 4.78 is 13.5. The largest absolute Gasteiger partial charge is 0.490 e. The van der Waals surface area contributed by atoms with Crippen molar-refractivity contribution in [1.29, 1.82) is 0 Å². The standard InChI is InChI=1S/C26H27N3O5S/c1-16-12-20(17(2)28(16)14-19-6-4-11-35-19)21(30)15-29-24(31)26(3,27-25(29)32)18-7-8-22-23(13-18)34-10-5-9-33-22/h4,6-8,11-13H,5,9-10,14-15H2,1-3H3,(H,27,32)/t26-/m0/s1. The lowest BCUT2D eigenvalue weighted by Crippen LogP contribution is -2.41. The van der Waals surface area contributed by atoms with Gasteiger partial charge in [-0.15, -0.1) is 11.3 Å². The Balaban J connectivity index is 1.36. The van der Waals surface area contributed by atoms with Crippen LogP contribution in [0.1, 0.15) is 45.5 Å². The number of hydrogen-bond acceptors (Lipinski definition) is 6. The first-order valence-corrected chi connectivity index (χ1v) is 12.4. The van der Waals surface area contributed by atoms with Crippen LogP contribution in [0.5, 0.6) is 11.5 Å². The summed E-state index contributed by atoms with van der Waals surface area (Å²) in [5.41, 5.74) is 1.55. The molecule has 5 rings (SSSR count). The Morgan fingerprint density at radius 1 is 1.11 bits per heavy atom. The third-order valence-corrected chi connectivity index (χ3v) is 7.53. The van der Waals surface area contributed by atoms with Gasteiger partial charge in [0.1, 0.15) is 5.54 Å². The molecular weight excluding hydrogens is 466 g/mol. The fourth-order valence-electron chi connectivity index (χ4n) is 4.62. The second-order valence-corrected chi connectivity index (χ2v) is 10.1. The van der Waals surface area contributed by atoms with Crippen molar-refractivity contribution >= 4 is 29.1 Å². The van der Waals surface area contributed by atoms with Crippen molar-refractivity contribution in [2.75, 3.05) is 19.8 Å². The van der Waals surface area contributed by atoms with E-state index in [9.17, 15) is 14.4 Å². The minimum atomic E-state index is -1.31. The average Bonchev–Trinajstić information content (AvgIpc) is 3.43. The molecule has 0 spiro atoms. The maximum Gasteiger partial charge on any atom is 0.325 e. The van der Waals surface area contributed by atoms with Crippen LogP contribution in [0.3, 0.4) is 0 Å². The molecular formula is C26H27N3O5S. The van der Waals surface area contributed by atoms with Crippen molar-refractivity contribution in [1.82, 2.24) is 14.8 Å². The Morgan fingerprint density at radius 2 is 1.89 bits per heavy atom. The van der Waals surface area contributed by atoms with Gasteiger partial charge in [0.15, 0.2) is 17.3 Å². The number of ether oxygens (including phenoxy) is 2. The SMILES string of the molecule is Cc1cc(C(=O)CN2C(=O)N[C@@](C)(c3ccc4c(c3)OCCCO4)C2=O)c(C)n1Cc1cccs1. The number of rotatable bonds is 6. The van der Waals surface area contributed by atoms with Gasteiger partial charge in [0.2, 0.25) is 0 Å². The number of fused-ring (bicyclic) bond motifs is 1. The van der Waals surface area contributed by atoms with Crippen LogP contribution in [-0.4, -0.2) is 46.9 Å². The van der Waals surface area contributed by atoms with Crippen molar-refractivity contribution in [3.63, 3.8) is 0 Å². The highest BCUT2D eigenvalue weighted by atomic mass is 32.1. The number of carbonyl (C=O) groups excluding carboxylic acids is 3. The van der Waals surface area contributed by atoms with E-state index in [-0.39, 0.29) is 12.3 Å². The van der Waals surface area contributed by atoms with E-state index < -0.39 is 17.5 Å². The third-order valence-electron chi connectivity index (χ3n) is 6.67. The molecule has 0 bridgehead atoms. The summed E-state index contributed by atoms with van der Waals surface area (Å²) in [6, 6.07) is 10.5. The van der Waals surface area contributed by atoms with Crippen LogP contribution >= 0.6 is 11.3 Å². The summed E-state index contributed by atoms with van der Waals surface area (Å²) in [6.45, 7) is 6.90. The summed E-state index contributed by atoms with van der Waals surface area (Å²) in [4.78, 5) is 41.7. The minimum Gasteiger partial charge on any atom is -0.490 e. The van der Waals surface area contributed by atoms with Gasteiger partial charge in [-0.1, -0.05) is 12.1 Å². The smallest absolute Gasteiger partial charge is 0.325 e. The fraction of sp³-hybridized carbons (Fsp3) is 0.346. The normalized spacial score (nSPS) is 19.6. The lowest BCUT2D eigenvalue weighted by Gasteiger charge is -2.23. The Hall–Kier alpha value is -3.59. The number of imide groups is 1. The number of nitrogens with zero attached hydrogens (tertiary/aromatic N) is 2. The number of urea groups is 1. The monoisotopic (exact) mass is 493 g/mol. The van der Waals surface area contributed by atoms with Crippen LogP contribution in [0.25, 0.3) is 0 Å². The molecule has 8 nitrogen and oxygen atoms in total. The number of benzene rings is 1. The second-order valence-electron chi connectivity index (χ2n) is 9.03. The van der Waals surface area contributed by atoms with E-state index in [1.54, 1.807) is 36.5 Å². The van der Waals surface area contributed by atoms with Crippen LogP contribution in [0.15, 0.2) is 41.8 Å². The van der Waals surface area contributed by atoms with Crippen molar-refractivity contribution in [2.45, 2.75) is 39.3 Å². The minimum absolute atomic E-state index is 0.276. The molecule has 4 heterocycles. The van der Waals surface area contributed by atoms with Gasteiger partial charge in [-0.05, 0) is 56.0 Å². The Morgan fingerprint density at radius 3 is 2.63 bits per heavy atom. The zero-order chi connectivity index (χ0) is 24.7. The number of nitrogens with one attached hydrogen (secondary N) is 1. The van der Waals surface area contributed by atoms with Gasteiger partial charge < -0.3 is 19.4 Å². The van der Waals surface area contributed by atoms with Crippen LogP contribution < -0.4 is 14.8 Å². The lowest BCUT2D eigenvalue weighted by molar-refractivity contribution is -0.130. The van der Waals surface area contributed by atoms with E-state index in [1.165, 1.54) is 4.88 Å². The van der Waals surface area contributed by atoms with Gasteiger partial charge in [0.05, 0.1) is 26.3 Å². The number of amides is 3. The topological polar surface area (TPSA) is 89.9 Å². The molecule has 0 unspecified atom stereocenters. The van der Waals surface area contributed by atoms with Gasteiger partial charge in [-0.25, -0.2) is 4.79 Å². The van der Waals surface area contributed by atoms with Crippen molar-refractivity contribution in [3.8, 4) is 11.5 Å². The summed E-state index contributed by atoms with van der Waals surface area (Å²) >= 11 is 1.66. The lowest BCUT2D eigenvalue weighted by atomic mass is 9.91. The van der Waals surface area contributed by atoms with E-state index in [4.69, 9.17) is 9.47 Å². The van der Waals surface area contributed by atoms with Gasteiger partial charge in [0.25, 0.3) is 5.91 Å². The highest BCUT2D eigenvalue weighted by Crippen LogP contribution is 2.36. The molecule has 3 amide bonds. The summed E-state index contributed by atoms with van der Waals surface area (Å²) in [5, 5.41) is 4.79. The summed E-state index contributed by atoms with van der Waals surface area (Å²) in [5.74, 6) is 0.396. The Bertz CT molecular complexity index is 1310. The number of carbonyl (C=O) groups is 3. The van der Waals surface area contributed by atoms with Crippen molar-refractivity contribution in [3.05, 3.63) is 69.2 Å². The molecule has 1 aromatic carbocycles. The zero-order valence-electron chi connectivity index (χ0n) is 19.9. The first-order chi connectivity index (χ1) is 16.8. The van der Waals surface area contributed by atoms with E-state index in [0.29, 0.717) is 42.4 Å². The first-order valence-electron chi connectivity index (χ1n) is 11.5. The van der Waals surface area contributed by atoms with Crippen LogP contribution in [0, 0.1) is 13.8 Å².